The molecule has 15 heteroatoms. The minimum absolute atomic E-state index is 0.00895. The normalized spacial score (nSPS) is 33.0. The van der Waals surface area contributed by atoms with Crippen LogP contribution in [0.15, 0.2) is 39.5 Å². The number of ether oxygens (including phenoxy) is 4. The van der Waals surface area contributed by atoms with Gasteiger partial charge < -0.3 is 69.3 Å². The van der Waals surface area contributed by atoms with Crippen LogP contribution in [0.4, 0.5) is 0 Å². The molecule has 0 unspecified atom stereocenters. The van der Waals surface area contributed by atoms with E-state index < -0.39 is 95.7 Å². The number of phenolic OH excluding ortho intramolecular Hbond substituents is 3. The molecular formula is C28H32O15. The monoisotopic (exact) mass is 608 g/mol. The van der Waals surface area contributed by atoms with Crippen molar-refractivity contribution in [2.24, 2.45) is 0 Å². The van der Waals surface area contributed by atoms with E-state index in [0.29, 0.717) is 5.56 Å². The van der Waals surface area contributed by atoms with Gasteiger partial charge in [0, 0.05) is 17.7 Å². The Balaban J connectivity index is 1.59. The lowest BCUT2D eigenvalue weighted by Crippen LogP contribution is -2.61. The highest BCUT2D eigenvalue weighted by Crippen LogP contribution is 2.46. The first-order valence-electron chi connectivity index (χ1n) is 13.3. The van der Waals surface area contributed by atoms with E-state index in [4.69, 9.17) is 23.4 Å². The van der Waals surface area contributed by atoms with Crippen LogP contribution in [0.2, 0.25) is 0 Å². The van der Waals surface area contributed by atoms with Crippen LogP contribution < -0.4 is 10.2 Å². The van der Waals surface area contributed by atoms with E-state index in [1.165, 1.54) is 32.2 Å². The van der Waals surface area contributed by atoms with Crippen LogP contribution in [-0.4, -0.2) is 115 Å². The molecule has 10 atom stereocenters. The van der Waals surface area contributed by atoms with E-state index in [0.717, 1.165) is 12.1 Å². The van der Waals surface area contributed by atoms with Gasteiger partial charge in [0.15, 0.2) is 23.2 Å². The molecule has 234 valence electrons. The zero-order valence-corrected chi connectivity index (χ0v) is 22.8. The van der Waals surface area contributed by atoms with Crippen molar-refractivity contribution in [3.63, 3.8) is 0 Å². The quantitative estimate of drug-likeness (QED) is 0.162. The molecule has 2 fully saturated rings. The molecule has 0 saturated carbocycles. The number of aromatic hydroxyl groups is 3. The fourth-order valence-electron chi connectivity index (χ4n) is 5.31. The molecule has 43 heavy (non-hydrogen) atoms. The van der Waals surface area contributed by atoms with Crippen molar-refractivity contribution in [1.82, 2.24) is 0 Å². The fraction of sp³-hybridized carbons (Fsp3) is 0.464. The Hall–Kier alpha value is -3.51. The molecule has 0 spiro atoms. The van der Waals surface area contributed by atoms with Gasteiger partial charge in [-0.15, -0.1) is 0 Å². The van der Waals surface area contributed by atoms with E-state index in [2.05, 4.69) is 0 Å². The summed E-state index contributed by atoms with van der Waals surface area (Å²) >= 11 is 0. The summed E-state index contributed by atoms with van der Waals surface area (Å²) in [4.78, 5) is 13.3. The van der Waals surface area contributed by atoms with Crippen molar-refractivity contribution >= 4 is 11.0 Å². The van der Waals surface area contributed by atoms with E-state index >= 15 is 0 Å². The lowest BCUT2D eigenvalue weighted by Gasteiger charge is -2.46. The second-order valence-corrected chi connectivity index (χ2v) is 10.4. The molecule has 3 heterocycles. The molecule has 0 bridgehead atoms. The van der Waals surface area contributed by atoms with Crippen LogP contribution in [-0.2, 0) is 14.2 Å². The van der Waals surface area contributed by atoms with Crippen molar-refractivity contribution in [3.05, 3.63) is 46.1 Å². The van der Waals surface area contributed by atoms with Crippen molar-refractivity contribution in [3.8, 4) is 34.3 Å². The van der Waals surface area contributed by atoms with Gasteiger partial charge in [-0.25, -0.2) is 0 Å². The third-order valence-electron chi connectivity index (χ3n) is 7.73. The standard InChI is InChI=1S/C28H32O15/c1-9-20(33)23(36)25(38)28(40-9)43-27-24(37)21(34)17(8-29)42-26(27)19-13(32)7-16-18(22(19)35)12(31)6-14(41-16)10-3-4-11(30)15(5-10)39-2/h3-7,9,17,20-21,23-30,32-38H,8H2,1-2H3/t9-,17+,20-,21+,23+,24-,25+,26-,27+,28-/m0/s1. The molecule has 0 radical (unpaired) electrons. The largest absolute Gasteiger partial charge is 0.507 e. The molecule has 2 aromatic carbocycles. The van der Waals surface area contributed by atoms with Crippen LogP contribution >= 0.6 is 0 Å². The van der Waals surface area contributed by atoms with E-state index in [-0.39, 0.29) is 22.8 Å². The van der Waals surface area contributed by atoms with Gasteiger partial charge >= 0.3 is 0 Å². The molecule has 0 aliphatic carbocycles. The van der Waals surface area contributed by atoms with E-state index in [1.807, 2.05) is 0 Å². The summed E-state index contributed by atoms with van der Waals surface area (Å²) in [5.41, 5.74) is -1.16. The zero-order chi connectivity index (χ0) is 31.3. The number of aliphatic hydroxyl groups is 6. The average Bonchev–Trinajstić information content (AvgIpc) is 2.97. The van der Waals surface area contributed by atoms with Crippen LogP contribution in [0.3, 0.4) is 0 Å². The number of hydrogen-bond acceptors (Lipinski definition) is 15. The van der Waals surface area contributed by atoms with Crippen molar-refractivity contribution in [2.75, 3.05) is 13.7 Å². The first-order valence-corrected chi connectivity index (χ1v) is 13.3. The fourth-order valence-corrected chi connectivity index (χ4v) is 5.31. The summed E-state index contributed by atoms with van der Waals surface area (Å²) in [5.74, 6) is -1.56. The highest BCUT2D eigenvalue weighted by Gasteiger charge is 2.51. The van der Waals surface area contributed by atoms with Gasteiger partial charge in [-0.2, -0.15) is 0 Å². The summed E-state index contributed by atoms with van der Waals surface area (Å²) in [6.07, 6.45) is -16.2. The van der Waals surface area contributed by atoms with E-state index in [1.54, 1.807) is 0 Å². The van der Waals surface area contributed by atoms with Crippen molar-refractivity contribution in [1.29, 1.82) is 0 Å². The molecule has 1 aromatic heterocycles. The second kappa shape index (κ2) is 11.9. The minimum atomic E-state index is -1.87. The predicted octanol–water partition coefficient (Wildman–Crippen LogP) is -1.05. The number of hydrogen-bond donors (Lipinski definition) is 9. The van der Waals surface area contributed by atoms with Crippen molar-refractivity contribution < 1.29 is 69.3 Å². The van der Waals surface area contributed by atoms with Crippen molar-refractivity contribution in [2.45, 2.75) is 68.1 Å². The topological polar surface area (TPSA) is 249 Å². The summed E-state index contributed by atoms with van der Waals surface area (Å²) in [5, 5.41) is 93.7. The molecule has 9 N–H and O–H groups in total. The lowest BCUT2D eigenvalue weighted by atomic mass is 9.89. The first-order chi connectivity index (χ1) is 20.4. The Morgan fingerprint density at radius 1 is 0.860 bits per heavy atom. The maximum Gasteiger partial charge on any atom is 0.197 e. The summed E-state index contributed by atoms with van der Waals surface area (Å²) in [6.45, 7) is 0.587. The van der Waals surface area contributed by atoms with Crippen LogP contribution in [0.25, 0.3) is 22.3 Å². The number of rotatable bonds is 6. The third-order valence-corrected chi connectivity index (χ3v) is 7.73. The highest BCUT2D eigenvalue weighted by atomic mass is 16.7. The Morgan fingerprint density at radius 3 is 2.26 bits per heavy atom. The number of fused-ring (bicyclic) bond motifs is 1. The highest BCUT2D eigenvalue weighted by molar-refractivity contribution is 5.88. The molecule has 2 aliphatic heterocycles. The SMILES string of the molecule is COc1cc(-c2cc(=O)c3c(O)c([C@@H]4O[C@H](CO)[C@@H](O)[C@H](O)[C@H]4O[C@@H]4O[C@@H](C)[C@H](O)[C@@H](O)[C@H]4O)c(O)cc3o2)ccc1O. The first kappa shape index (κ1) is 30.9. The number of phenols is 3. The summed E-state index contributed by atoms with van der Waals surface area (Å²) < 4.78 is 27.8. The Kier molecular flexibility index (Phi) is 8.54. The molecule has 2 saturated heterocycles. The van der Waals surface area contributed by atoms with E-state index in [9.17, 15) is 50.8 Å². The van der Waals surface area contributed by atoms with Crippen LogP contribution in [0.1, 0.15) is 18.6 Å². The number of benzene rings is 2. The molecule has 0 amide bonds. The summed E-state index contributed by atoms with van der Waals surface area (Å²) in [7, 11) is 1.34. The zero-order valence-electron chi connectivity index (χ0n) is 22.8. The third kappa shape index (κ3) is 5.39. The van der Waals surface area contributed by atoms with Gasteiger partial charge in [-0.05, 0) is 25.1 Å². The molecule has 5 rings (SSSR count). The van der Waals surface area contributed by atoms with Gasteiger partial charge in [0.2, 0.25) is 0 Å². The Labute approximate surface area is 242 Å². The van der Waals surface area contributed by atoms with Crippen LogP contribution in [0, 0.1) is 0 Å². The molecule has 2 aliphatic rings. The van der Waals surface area contributed by atoms with Gasteiger partial charge in [0.1, 0.15) is 77.1 Å². The maximum absolute atomic E-state index is 13.3. The summed E-state index contributed by atoms with van der Waals surface area (Å²) in [6, 6.07) is 6.24. The van der Waals surface area contributed by atoms with Gasteiger partial charge in [0.05, 0.1) is 25.4 Å². The Bertz CT molecular complexity index is 1540. The second-order valence-electron chi connectivity index (χ2n) is 10.4. The molecular weight excluding hydrogens is 576 g/mol. The average molecular weight is 609 g/mol. The Morgan fingerprint density at radius 2 is 1.58 bits per heavy atom. The molecule has 3 aromatic rings. The van der Waals surface area contributed by atoms with Gasteiger partial charge in [-0.1, -0.05) is 0 Å². The van der Waals surface area contributed by atoms with Gasteiger partial charge in [0.25, 0.3) is 0 Å². The molecule has 15 nitrogen and oxygen atoms in total. The van der Waals surface area contributed by atoms with Gasteiger partial charge in [-0.3, -0.25) is 4.79 Å². The van der Waals surface area contributed by atoms with Crippen LogP contribution in [0.5, 0.6) is 23.0 Å². The lowest BCUT2D eigenvalue weighted by molar-refractivity contribution is -0.338. The smallest absolute Gasteiger partial charge is 0.197 e. The minimum Gasteiger partial charge on any atom is -0.507 e. The number of methoxy groups -OCH3 is 1. The maximum atomic E-state index is 13.3. The predicted molar refractivity (Wildman–Crippen MR) is 143 cm³/mol. The number of aliphatic hydroxyl groups excluding tert-OH is 6.